The van der Waals surface area contributed by atoms with E-state index in [0.717, 1.165) is 44.9 Å². The van der Waals surface area contributed by atoms with Crippen molar-refractivity contribution in [1.29, 1.82) is 0 Å². The van der Waals surface area contributed by atoms with Gasteiger partial charge >= 0.3 is 7.82 Å². The number of amides is 1. The molecule has 0 saturated heterocycles. The molecule has 3 N–H and O–H groups in total. The first-order valence-corrected chi connectivity index (χ1v) is 32.4. The number of carbonyl (C=O) groups excluding carboxylic acids is 1. The Bertz CT molecular complexity index is 1250. The summed E-state index contributed by atoms with van der Waals surface area (Å²) in [6.07, 6.45) is 69.8. The summed E-state index contributed by atoms with van der Waals surface area (Å²) in [7, 11) is 1.56. The molecule has 0 bridgehead atoms. The van der Waals surface area contributed by atoms with E-state index in [1.54, 1.807) is 6.08 Å². The fraction of sp³-hybridized carbons (Fsp3) is 0.887. The molecule has 0 heterocycles. The number of quaternary nitrogens is 1. The number of unbranched alkanes of at least 4 members (excludes halogenated alkanes) is 40. The third-order valence-corrected chi connectivity index (χ3v) is 15.1. The summed E-state index contributed by atoms with van der Waals surface area (Å²) in [5.41, 5.74) is 0. The molecule has 0 aliphatic carbocycles. The highest BCUT2D eigenvalue weighted by atomic mass is 31.2. The van der Waals surface area contributed by atoms with Gasteiger partial charge in [0, 0.05) is 6.42 Å². The maximum atomic E-state index is 13.0. The van der Waals surface area contributed by atoms with Crippen LogP contribution in [0.4, 0.5) is 0 Å². The fourth-order valence-electron chi connectivity index (χ4n) is 9.25. The van der Waals surface area contributed by atoms with Gasteiger partial charge in [-0.25, -0.2) is 4.57 Å². The van der Waals surface area contributed by atoms with Crippen LogP contribution in [0, 0.1) is 0 Å². The van der Waals surface area contributed by atoms with Gasteiger partial charge in [-0.15, -0.1) is 0 Å². The van der Waals surface area contributed by atoms with Crippen molar-refractivity contribution in [1.82, 2.24) is 5.32 Å². The number of nitrogens with one attached hydrogen (secondary N) is 1. The molecule has 0 spiro atoms. The topological polar surface area (TPSA) is 105 Å². The van der Waals surface area contributed by atoms with Crippen LogP contribution in [0.3, 0.4) is 0 Å². The third kappa shape index (κ3) is 56.3. The summed E-state index contributed by atoms with van der Waals surface area (Å²) in [5, 5.41) is 13.9. The lowest BCUT2D eigenvalue weighted by Crippen LogP contribution is -2.45. The molecule has 0 aliphatic rings. The monoisotopic (exact) mass is 1020 g/mol. The van der Waals surface area contributed by atoms with Gasteiger partial charge in [-0.2, -0.15) is 0 Å². The van der Waals surface area contributed by atoms with Crippen molar-refractivity contribution in [3.05, 3.63) is 36.5 Å². The van der Waals surface area contributed by atoms with Crippen molar-refractivity contribution in [3.63, 3.8) is 0 Å². The molecule has 0 radical (unpaired) electrons. The Morgan fingerprint density at radius 2 is 0.775 bits per heavy atom. The van der Waals surface area contributed by atoms with Gasteiger partial charge in [0.25, 0.3) is 0 Å². The molecule has 0 aromatic heterocycles. The molecule has 1 amide bonds. The first-order valence-electron chi connectivity index (χ1n) is 30.9. The van der Waals surface area contributed by atoms with E-state index in [1.165, 1.54) is 238 Å². The maximum absolute atomic E-state index is 13.0. The highest BCUT2D eigenvalue weighted by Crippen LogP contribution is 2.43. The SMILES string of the molecule is CCCCCCCCCCCCCCCCCCC/C=C/CC/C=C/CC/C=C/C(O)C(COP(=O)(O)OCC[N+](C)(C)C)NC(=O)CCCCCCCCCCCCCCCCCCCCCCCC. The van der Waals surface area contributed by atoms with Gasteiger partial charge in [0.15, 0.2) is 0 Å². The summed E-state index contributed by atoms with van der Waals surface area (Å²) >= 11 is 0. The highest BCUT2D eigenvalue weighted by molar-refractivity contribution is 7.47. The predicted molar refractivity (Wildman–Crippen MR) is 309 cm³/mol. The molecule has 9 heteroatoms. The van der Waals surface area contributed by atoms with E-state index in [1.807, 2.05) is 27.2 Å². The number of hydrogen-bond donors (Lipinski definition) is 3. The van der Waals surface area contributed by atoms with Crippen molar-refractivity contribution in [3.8, 4) is 0 Å². The lowest BCUT2D eigenvalue weighted by molar-refractivity contribution is -0.870. The quantitative estimate of drug-likeness (QED) is 0.0243. The third-order valence-electron chi connectivity index (χ3n) is 14.1. The number of aliphatic hydroxyl groups excluding tert-OH is 1. The van der Waals surface area contributed by atoms with Gasteiger partial charge < -0.3 is 19.8 Å². The Morgan fingerprint density at radius 3 is 1.13 bits per heavy atom. The lowest BCUT2D eigenvalue weighted by Gasteiger charge is -2.25. The van der Waals surface area contributed by atoms with Crippen LogP contribution in [0.15, 0.2) is 36.5 Å². The molecule has 71 heavy (non-hydrogen) atoms. The van der Waals surface area contributed by atoms with Crippen molar-refractivity contribution in [2.45, 2.75) is 315 Å². The molecular formula is C62H122N2O6P+. The number of phosphoric ester groups is 1. The largest absolute Gasteiger partial charge is 0.472 e. The zero-order valence-corrected chi connectivity index (χ0v) is 48.9. The smallest absolute Gasteiger partial charge is 0.387 e. The van der Waals surface area contributed by atoms with Crippen LogP contribution in [-0.4, -0.2) is 73.4 Å². The number of phosphoric acid groups is 1. The molecule has 0 fully saturated rings. The van der Waals surface area contributed by atoms with E-state index in [9.17, 15) is 19.4 Å². The Balaban J connectivity index is 4.22. The number of allylic oxidation sites excluding steroid dienone is 5. The molecule has 8 nitrogen and oxygen atoms in total. The molecule has 0 rings (SSSR count). The second kappa shape index (κ2) is 53.5. The van der Waals surface area contributed by atoms with Gasteiger partial charge in [-0.3, -0.25) is 13.8 Å². The number of rotatable bonds is 57. The second-order valence-corrected chi connectivity index (χ2v) is 23.9. The second-order valence-electron chi connectivity index (χ2n) is 22.4. The van der Waals surface area contributed by atoms with Crippen LogP contribution in [-0.2, 0) is 18.4 Å². The molecule has 0 aromatic carbocycles. The Hall–Kier alpha value is -1.28. The Morgan fingerprint density at radius 1 is 0.465 bits per heavy atom. The summed E-state index contributed by atoms with van der Waals surface area (Å²) < 4.78 is 23.7. The van der Waals surface area contributed by atoms with Crippen LogP contribution < -0.4 is 5.32 Å². The summed E-state index contributed by atoms with van der Waals surface area (Å²) in [6, 6.07) is -0.868. The highest BCUT2D eigenvalue weighted by Gasteiger charge is 2.27. The molecule has 0 aromatic rings. The summed E-state index contributed by atoms with van der Waals surface area (Å²) in [5.74, 6) is -0.185. The van der Waals surface area contributed by atoms with Crippen LogP contribution in [0.2, 0.25) is 0 Å². The van der Waals surface area contributed by atoms with E-state index >= 15 is 0 Å². The average Bonchev–Trinajstić information content (AvgIpc) is 3.33. The van der Waals surface area contributed by atoms with Crippen LogP contribution in [0.25, 0.3) is 0 Å². The minimum atomic E-state index is -4.36. The molecule has 0 aliphatic heterocycles. The van der Waals surface area contributed by atoms with Crippen molar-refractivity contribution in [2.24, 2.45) is 0 Å². The number of carbonyl (C=O) groups is 1. The molecule has 0 saturated carbocycles. The van der Waals surface area contributed by atoms with E-state index in [0.29, 0.717) is 17.4 Å². The Kier molecular flexibility index (Phi) is 52.6. The molecular weight excluding hydrogens is 900 g/mol. The van der Waals surface area contributed by atoms with Crippen LogP contribution in [0.1, 0.15) is 303 Å². The molecule has 420 valence electrons. The van der Waals surface area contributed by atoms with E-state index < -0.39 is 20.0 Å². The van der Waals surface area contributed by atoms with Crippen molar-refractivity contribution < 1.29 is 32.9 Å². The average molecular weight is 1020 g/mol. The Labute approximate surface area is 442 Å². The van der Waals surface area contributed by atoms with E-state index in [2.05, 4.69) is 43.5 Å². The summed E-state index contributed by atoms with van der Waals surface area (Å²) in [6.45, 7) is 4.83. The zero-order valence-electron chi connectivity index (χ0n) is 48.0. The minimum absolute atomic E-state index is 0.0552. The van der Waals surface area contributed by atoms with E-state index in [-0.39, 0.29) is 19.1 Å². The number of aliphatic hydroxyl groups is 1. The van der Waals surface area contributed by atoms with Crippen LogP contribution >= 0.6 is 7.82 Å². The number of nitrogens with zero attached hydrogens (tertiary/aromatic N) is 1. The maximum Gasteiger partial charge on any atom is 0.472 e. The molecule has 3 unspecified atom stereocenters. The van der Waals surface area contributed by atoms with Crippen molar-refractivity contribution in [2.75, 3.05) is 40.9 Å². The zero-order chi connectivity index (χ0) is 52.0. The van der Waals surface area contributed by atoms with Gasteiger partial charge in [-0.1, -0.05) is 288 Å². The van der Waals surface area contributed by atoms with Crippen LogP contribution in [0.5, 0.6) is 0 Å². The predicted octanol–water partition coefficient (Wildman–Crippen LogP) is 18.9. The fourth-order valence-corrected chi connectivity index (χ4v) is 9.99. The first kappa shape index (κ1) is 69.7. The van der Waals surface area contributed by atoms with Crippen molar-refractivity contribution >= 4 is 13.7 Å². The lowest BCUT2D eigenvalue weighted by atomic mass is 10.0. The first-order chi connectivity index (χ1) is 34.5. The number of hydrogen-bond acceptors (Lipinski definition) is 5. The molecule has 3 atom stereocenters. The van der Waals surface area contributed by atoms with Gasteiger partial charge in [-0.05, 0) is 44.9 Å². The van der Waals surface area contributed by atoms with Gasteiger partial charge in [0.05, 0.1) is 39.9 Å². The number of likely N-dealkylation sites (N-methyl/N-ethyl adjacent to an activating group) is 1. The van der Waals surface area contributed by atoms with E-state index in [4.69, 9.17) is 9.05 Å². The normalized spacial score (nSPS) is 14.1. The van der Waals surface area contributed by atoms with Gasteiger partial charge in [0.1, 0.15) is 13.2 Å². The standard InChI is InChI=1S/C62H121N2O6P/c1-6-8-10-12-14-16-18-20-22-24-26-28-30-31-32-33-34-35-37-39-41-43-45-47-49-51-53-55-61(65)60(59-70-71(67,68)69-58-57-64(3,4)5)63-62(66)56-54-52-50-48-46-44-42-40-38-36-29-27-25-23-21-19-17-15-13-11-9-7-2/h37,39,45,47,53,55,60-61,65H,6-36,38,40-44,46,48-52,54,56-59H2,1-5H3,(H-,63,66,67,68)/p+1/b39-37+,47-45+,55-53+. The minimum Gasteiger partial charge on any atom is -0.387 e. The van der Waals surface area contributed by atoms with Gasteiger partial charge in [0.2, 0.25) is 5.91 Å². The summed E-state index contributed by atoms with van der Waals surface area (Å²) in [4.78, 5) is 23.3.